The van der Waals surface area contributed by atoms with Crippen molar-refractivity contribution in [3.05, 3.63) is 34.9 Å². The van der Waals surface area contributed by atoms with Crippen molar-refractivity contribution in [2.45, 2.75) is 40.2 Å². The summed E-state index contributed by atoms with van der Waals surface area (Å²) >= 11 is 0. The van der Waals surface area contributed by atoms with Gasteiger partial charge in [-0.25, -0.2) is 0 Å². The number of likely N-dealkylation sites (tertiary alicyclic amines) is 1. The van der Waals surface area contributed by atoms with E-state index in [9.17, 15) is 5.11 Å². The van der Waals surface area contributed by atoms with Gasteiger partial charge in [-0.3, -0.25) is 4.90 Å². The maximum absolute atomic E-state index is 9.50. The fourth-order valence-corrected chi connectivity index (χ4v) is 3.11. The lowest BCUT2D eigenvalue weighted by atomic mass is 9.82. The van der Waals surface area contributed by atoms with Crippen molar-refractivity contribution in [1.82, 2.24) is 4.90 Å². The van der Waals surface area contributed by atoms with E-state index in [-0.39, 0.29) is 5.41 Å². The van der Waals surface area contributed by atoms with Crippen molar-refractivity contribution in [2.24, 2.45) is 5.41 Å². The van der Waals surface area contributed by atoms with Crippen LogP contribution in [0.25, 0.3) is 0 Å². The summed E-state index contributed by atoms with van der Waals surface area (Å²) in [5.74, 6) is 0. The number of nitrogens with zero attached hydrogens (tertiary/aromatic N) is 1. The van der Waals surface area contributed by atoms with Crippen LogP contribution in [0.1, 0.15) is 36.5 Å². The molecule has 1 atom stereocenters. The summed E-state index contributed by atoms with van der Waals surface area (Å²) in [6, 6.07) is 6.77. The second-order valence-electron chi connectivity index (χ2n) is 6.28. The van der Waals surface area contributed by atoms with Crippen LogP contribution in [-0.4, -0.2) is 29.7 Å². The van der Waals surface area contributed by atoms with Crippen molar-refractivity contribution in [3.63, 3.8) is 0 Å². The van der Waals surface area contributed by atoms with Crippen LogP contribution in [0.5, 0.6) is 0 Å². The molecule has 1 saturated heterocycles. The Morgan fingerprint density at radius 1 is 1.22 bits per heavy atom. The smallest absolute Gasteiger partial charge is 0.0497 e. The van der Waals surface area contributed by atoms with Crippen LogP contribution in [0.15, 0.2) is 18.2 Å². The zero-order valence-corrected chi connectivity index (χ0v) is 11.9. The molecule has 1 aromatic rings. The van der Waals surface area contributed by atoms with Crippen molar-refractivity contribution >= 4 is 0 Å². The third-order valence-electron chi connectivity index (χ3n) is 3.93. The van der Waals surface area contributed by atoms with E-state index in [1.54, 1.807) is 0 Å². The molecule has 1 aliphatic heterocycles. The quantitative estimate of drug-likeness (QED) is 0.888. The molecule has 0 bridgehead atoms. The number of aliphatic hydroxyl groups is 1. The Hall–Kier alpha value is -0.860. The monoisotopic (exact) mass is 247 g/mol. The number of hydrogen-bond donors (Lipinski definition) is 1. The molecule has 1 heterocycles. The minimum absolute atomic E-state index is 0.0944. The van der Waals surface area contributed by atoms with Crippen LogP contribution in [0.2, 0.25) is 0 Å². The molecule has 1 N–H and O–H groups in total. The van der Waals surface area contributed by atoms with Crippen LogP contribution in [-0.2, 0) is 6.54 Å². The molecule has 0 amide bonds. The molecule has 2 nitrogen and oxygen atoms in total. The van der Waals surface area contributed by atoms with Crippen molar-refractivity contribution in [1.29, 1.82) is 0 Å². The highest BCUT2D eigenvalue weighted by Crippen LogP contribution is 2.29. The molecule has 0 aliphatic carbocycles. The molecule has 0 saturated carbocycles. The zero-order valence-electron chi connectivity index (χ0n) is 11.9. The molecule has 1 fully saturated rings. The summed E-state index contributed by atoms with van der Waals surface area (Å²) < 4.78 is 0. The van der Waals surface area contributed by atoms with Crippen molar-refractivity contribution < 1.29 is 5.11 Å². The summed E-state index contributed by atoms with van der Waals surface area (Å²) in [5.41, 5.74) is 4.17. The van der Waals surface area contributed by atoms with E-state index >= 15 is 0 Å². The summed E-state index contributed by atoms with van der Waals surface area (Å²) in [6.45, 7) is 9.99. The topological polar surface area (TPSA) is 23.5 Å². The van der Waals surface area contributed by atoms with Crippen LogP contribution >= 0.6 is 0 Å². The third-order valence-corrected chi connectivity index (χ3v) is 3.93. The van der Waals surface area contributed by atoms with Gasteiger partial charge in [-0.1, -0.05) is 36.2 Å². The minimum Gasteiger partial charge on any atom is -0.396 e. The first kappa shape index (κ1) is 13.6. The normalized spacial score (nSPS) is 25.3. The average molecular weight is 247 g/mol. The molecular weight excluding hydrogens is 222 g/mol. The first-order valence-corrected chi connectivity index (χ1v) is 6.91. The molecule has 2 rings (SSSR count). The molecular formula is C16H25NO. The number of aliphatic hydroxyl groups excluding tert-OH is 1. The molecule has 1 aliphatic rings. The van der Waals surface area contributed by atoms with Gasteiger partial charge in [0.1, 0.15) is 0 Å². The van der Waals surface area contributed by atoms with Gasteiger partial charge in [0.15, 0.2) is 0 Å². The number of benzene rings is 1. The molecule has 0 spiro atoms. The molecule has 100 valence electrons. The van der Waals surface area contributed by atoms with Crippen LogP contribution in [0, 0.1) is 19.3 Å². The highest BCUT2D eigenvalue weighted by molar-refractivity contribution is 5.28. The number of rotatable bonds is 3. The molecule has 0 radical (unpaired) electrons. The molecule has 0 aromatic heterocycles. The van der Waals surface area contributed by atoms with Gasteiger partial charge in [-0.2, -0.15) is 0 Å². The summed E-state index contributed by atoms with van der Waals surface area (Å²) in [7, 11) is 0. The first-order chi connectivity index (χ1) is 8.50. The fourth-order valence-electron chi connectivity index (χ4n) is 3.11. The van der Waals surface area contributed by atoms with Gasteiger partial charge >= 0.3 is 0 Å². The Balaban J connectivity index is 2.04. The van der Waals surface area contributed by atoms with Crippen molar-refractivity contribution in [2.75, 3.05) is 19.7 Å². The van der Waals surface area contributed by atoms with E-state index in [4.69, 9.17) is 0 Å². The predicted molar refractivity (Wildman–Crippen MR) is 75.6 cm³/mol. The van der Waals surface area contributed by atoms with E-state index in [0.717, 1.165) is 26.1 Å². The number of hydrogen-bond acceptors (Lipinski definition) is 2. The second kappa shape index (κ2) is 5.41. The standard InChI is InChI=1S/C16H25NO/c1-13-7-14(2)9-15(8-13)10-17-6-4-5-16(3,11-17)12-18/h7-9,18H,4-6,10-12H2,1-3H3. The van der Waals surface area contributed by atoms with Crippen LogP contribution < -0.4 is 0 Å². The lowest BCUT2D eigenvalue weighted by molar-refractivity contribution is 0.0429. The van der Waals surface area contributed by atoms with Gasteiger partial charge < -0.3 is 5.11 Å². The van der Waals surface area contributed by atoms with Gasteiger partial charge in [-0.05, 0) is 38.8 Å². The Morgan fingerprint density at radius 2 is 1.89 bits per heavy atom. The molecule has 18 heavy (non-hydrogen) atoms. The lowest BCUT2D eigenvalue weighted by Crippen LogP contribution is -2.43. The van der Waals surface area contributed by atoms with Gasteiger partial charge in [0.2, 0.25) is 0 Å². The number of aryl methyl sites for hydroxylation is 2. The Morgan fingerprint density at radius 3 is 2.50 bits per heavy atom. The summed E-state index contributed by atoms with van der Waals surface area (Å²) in [6.07, 6.45) is 2.34. The zero-order chi connectivity index (χ0) is 13.2. The number of piperidine rings is 1. The first-order valence-electron chi connectivity index (χ1n) is 6.91. The summed E-state index contributed by atoms with van der Waals surface area (Å²) in [4.78, 5) is 2.48. The van der Waals surface area contributed by atoms with Gasteiger partial charge in [-0.15, -0.1) is 0 Å². The lowest BCUT2D eigenvalue weighted by Gasteiger charge is -2.39. The predicted octanol–water partition coefficient (Wildman–Crippen LogP) is 2.90. The van der Waals surface area contributed by atoms with E-state index in [1.807, 2.05) is 0 Å². The second-order valence-corrected chi connectivity index (χ2v) is 6.28. The molecule has 2 heteroatoms. The van der Waals surface area contributed by atoms with E-state index in [2.05, 4.69) is 43.9 Å². The highest BCUT2D eigenvalue weighted by Gasteiger charge is 2.30. The molecule has 1 unspecified atom stereocenters. The van der Waals surface area contributed by atoms with Gasteiger partial charge in [0, 0.05) is 25.1 Å². The minimum atomic E-state index is 0.0944. The van der Waals surface area contributed by atoms with Crippen LogP contribution in [0.4, 0.5) is 0 Å². The van der Waals surface area contributed by atoms with E-state index < -0.39 is 0 Å². The van der Waals surface area contributed by atoms with E-state index in [1.165, 1.54) is 23.1 Å². The summed E-state index contributed by atoms with van der Waals surface area (Å²) in [5, 5.41) is 9.50. The largest absolute Gasteiger partial charge is 0.396 e. The highest BCUT2D eigenvalue weighted by atomic mass is 16.3. The van der Waals surface area contributed by atoms with Crippen molar-refractivity contribution in [3.8, 4) is 0 Å². The fraction of sp³-hybridized carbons (Fsp3) is 0.625. The Bertz CT molecular complexity index is 395. The van der Waals surface area contributed by atoms with E-state index in [0.29, 0.717) is 6.61 Å². The van der Waals surface area contributed by atoms with Gasteiger partial charge in [0.05, 0.1) is 0 Å². The Kier molecular flexibility index (Phi) is 4.08. The maximum Gasteiger partial charge on any atom is 0.0497 e. The third kappa shape index (κ3) is 3.33. The van der Waals surface area contributed by atoms with Crippen LogP contribution in [0.3, 0.4) is 0 Å². The average Bonchev–Trinajstić information content (AvgIpc) is 2.27. The SMILES string of the molecule is Cc1cc(C)cc(CN2CCCC(C)(CO)C2)c1. The maximum atomic E-state index is 9.50. The Labute approximate surface area is 111 Å². The van der Waals surface area contributed by atoms with Gasteiger partial charge in [0.25, 0.3) is 0 Å². The molecule has 1 aromatic carbocycles.